The van der Waals surface area contributed by atoms with E-state index in [0.29, 0.717) is 0 Å². The van der Waals surface area contributed by atoms with Gasteiger partial charge in [-0.05, 0) is 19.3 Å². The van der Waals surface area contributed by atoms with Crippen molar-refractivity contribution in [2.24, 2.45) is 0 Å². The lowest BCUT2D eigenvalue weighted by Crippen LogP contribution is -2.07. The number of halogens is 1. The maximum Gasteiger partial charge on any atom is 0.202 e. The van der Waals surface area contributed by atoms with Gasteiger partial charge in [0.2, 0.25) is 5.13 Å². The van der Waals surface area contributed by atoms with Crippen LogP contribution in [0.2, 0.25) is 0 Å². The standard InChI is InChI=1S/C10H18ClN3S/c1-3-5-9-13-10(15-14-9)12-7-6-8(11)4-2/h8H,3-7H2,1-2H3,(H,12,13,14). The molecule has 0 amide bonds. The molecule has 1 heterocycles. The second-order valence-electron chi connectivity index (χ2n) is 3.49. The fourth-order valence-electron chi connectivity index (χ4n) is 1.19. The molecule has 0 bridgehead atoms. The van der Waals surface area contributed by atoms with E-state index >= 15 is 0 Å². The molecule has 1 atom stereocenters. The van der Waals surface area contributed by atoms with E-state index in [1.807, 2.05) is 0 Å². The monoisotopic (exact) mass is 247 g/mol. The molecule has 0 spiro atoms. The third-order valence-corrected chi connectivity index (χ3v) is 3.36. The van der Waals surface area contributed by atoms with Crippen molar-refractivity contribution in [1.82, 2.24) is 9.36 Å². The molecular formula is C10H18ClN3S. The molecule has 0 aliphatic carbocycles. The van der Waals surface area contributed by atoms with Crippen molar-refractivity contribution in [3.63, 3.8) is 0 Å². The highest BCUT2D eigenvalue weighted by Gasteiger charge is 2.04. The number of aryl methyl sites for hydroxylation is 1. The summed E-state index contributed by atoms with van der Waals surface area (Å²) < 4.78 is 4.26. The van der Waals surface area contributed by atoms with E-state index in [2.05, 4.69) is 28.5 Å². The fourth-order valence-corrected chi connectivity index (χ4v) is 1.94. The zero-order valence-electron chi connectivity index (χ0n) is 9.29. The van der Waals surface area contributed by atoms with E-state index in [4.69, 9.17) is 11.6 Å². The number of aromatic nitrogens is 2. The van der Waals surface area contributed by atoms with Crippen molar-refractivity contribution < 1.29 is 0 Å². The van der Waals surface area contributed by atoms with Crippen LogP contribution in [-0.2, 0) is 6.42 Å². The van der Waals surface area contributed by atoms with Crippen molar-refractivity contribution in [2.75, 3.05) is 11.9 Å². The molecule has 15 heavy (non-hydrogen) atoms. The normalized spacial score (nSPS) is 12.7. The Bertz CT molecular complexity index is 277. The molecule has 1 unspecified atom stereocenters. The summed E-state index contributed by atoms with van der Waals surface area (Å²) in [5.74, 6) is 0.947. The first-order valence-corrected chi connectivity index (χ1v) is 6.67. The Labute approximate surface area is 100 Å². The van der Waals surface area contributed by atoms with Crippen LogP contribution in [0.4, 0.5) is 5.13 Å². The van der Waals surface area contributed by atoms with Gasteiger partial charge in [-0.3, -0.25) is 0 Å². The first kappa shape index (κ1) is 12.7. The average Bonchev–Trinajstić information content (AvgIpc) is 2.66. The number of hydrogen-bond donors (Lipinski definition) is 1. The van der Waals surface area contributed by atoms with Crippen molar-refractivity contribution in [2.45, 2.75) is 44.9 Å². The number of alkyl halides is 1. The maximum atomic E-state index is 6.01. The van der Waals surface area contributed by atoms with E-state index < -0.39 is 0 Å². The Hall–Kier alpha value is -0.350. The first-order valence-electron chi connectivity index (χ1n) is 5.46. The predicted octanol–water partition coefficient (Wildman–Crippen LogP) is 3.31. The zero-order chi connectivity index (χ0) is 11.1. The molecule has 1 rings (SSSR count). The lowest BCUT2D eigenvalue weighted by Gasteiger charge is -2.05. The lowest BCUT2D eigenvalue weighted by molar-refractivity contribution is 0.752. The Kier molecular flexibility index (Phi) is 5.95. The Balaban J connectivity index is 2.25. The number of nitrogens with one attached hydrogen (secondary N) is 1. The van der Waals surface area contributed by atoms with Crippen LogP contribution in [-0.4, -0.2) is 21.3 Å². The molecule has 1 N–H and O–H groups in total. The molecule has 0 aliphatic heterocycles. The maximum absolute atomic E-state index is 6.01. The zero-order valence-corrected chi connectivity index (χ0v) is 10.9. The molecule has 1 aromatic rings. The van der Waals surface area contributed by atoms with Gasteiger partial charge in [0.15, 0.2) is 0 Å². The van der Waals surface area contributed by atoms with Gasteiger partial charge >= 0.3 is 0 Å². The molecule has 3 nitrogen and oxygen atoms in total. The molecule has 0 fully saturated rings. The predicted molar refractivity (Wildman–Crippen MR) is 66.9 cm³/mol. The fraction of sp³-hybridized carbons (Fsp3) is 0.800. The minimum absolute atomic E-state index is 0.264. The SMILES string of the molecule is CCCc1nsc(NCCC(Cl)CC)n1. The van der Waals surface area contributed by atoms with E-state index in [0.717, 1.165) is 43.2 Å². The summed E-state index contributed by atoms with van der Waals surface area (Å²) >= 11 is 7.45. The van der Waals surface area contributed by atoms with Gasteiger partial charge in [-0.1, -0.05) is 13.8 Å². The van der Waals surface area contributed by atoms with Gasteiger partial charge in [-0.15, -0.1) is 11.6 Å². The second-order valence-corrected chi connectivity index (χ2v) is 4.86. The molecule has 0 saturated carbocycles. The molecular weight excluding hydrogens is 230 g/mol. The van der Waals surface area contributed by atoms with Gasteiger partial charge in [0, 0.05) is 29.9 Å². The molecule has 0 aliphatic rings. The Morgan fingerprint density at radius 2 is 2.27 bits per heavy atom. The van der Waals surface area contributed by atoms with Crippen LogP contribution in [0.5, 0.6) is 0 Å². The second kappa shape index (κ2) is 7.01. The molecule has 86 valence electrons. The highest BCUT2D eigenvalue weighted by Crippen LogP contribution is 2.13. The van der Waals surface area contributed by atoms with Crippen molar-refractivity contribution in [3.05, 3.63) is 5.82 Å². The van der Waals surface area contributed by atoms with E-state index in [1.165, 1.54) is 11.5 Å². The van der Waals surface area contributed by atoms with Crippen LogP contribution in [0.1, 0.15) is 38.9 Å². The quantitative estimate of drug-likeness (QED) is 0.752. The van der Waals surface area contributed by atoms with Crippen molar-refractivity contribution in [1.29, 1.82) is 0 Å². The summed E-state index contributed by atoms with van der Waals surface area (Å²) in [7, 11) is 0. The highest BCUT2D eigenvalue weighted by atomic mass is 35.5. The van der Waals surface area contributed by atoms with Crippen LogP contribution < -0.4 is 5.32 Å². The third-order valence-electron chi connectivity index (χ3n) is 2.12. The van der Waals surface area contributed by atoms with Gasteiger partial charge in [0.25, 0.3) is 0 Å². The molecule has 1 aromatic heterocycles. The summed E-state index contributed by atoms with van der Waals surface area (Å²) in [6, 6.07) is 0. The van der Waals surface area contributed by atoms with Crippen LogP contribution in [0, 0.1) is 0 Å². The van der Waals surface area contributed by atoms with Gasteiger partial charge in [0.05, 0.1) is 0 Å². The minimum Gasteiger partial charge on any atom is -0.360 e. The highest BCUT2D eigenvalue weighted by molar-refractivity contribution is 7.09. The number of nitrogens with zero attached hydrogens (tertiary/aromatic N) is 2. The van der Waals surface area contributed by atoms with Crippen LogP contribution in [0.3, 0.4) is 0 Å². The summed E-state index contributed by atoms with van der Waals surface area (Å²) in [5, 5.41) is 4.43. The van der Waals surface area contributed by atoms with Gasteiger partial charge in [-0.25, -0.2) is 4.98 Å². The number of anilines is 1. The van der Waals surface area contributed by atoms with E-state index in [-0.39, 0.29) is 5.38 Å². The van der Waals surface area contributed by atoms with Gasteiger partial charge in [-0.2, -0.15) is 4.37 Å². The largest absolute Gasteiger partial charge is 0.360 e. The van der Waals surface area contributed by atoms with Crippen LogP contribution in [0.15, 0.2) is 0 Å². The lowest BCUT2D eigenvalue weighted by atomic mass is 10.2. The molecule has 5 heteroatoms. The molecule has 0 saturated heterocycles. The Morgan fingerprint density at radius 3 is 2.93 bits per heavy atom. The van der Waals surface area contributed by atoms with Crippen molar-refractivity contribution >= 4 is 28.3 Å². The minimum atomic E-state index is 0.264. The number of rotatable bonds is 7. The van der Waals surface area contributed by atoms with E-state index in [1.54, 1.807) is 0 Å². The van der Waals surface area contributed by atoms with Crippen molar-refractivity contribution in [3.8, 4) is 0 Å². The van der Waals surface area contributed by atoms with Crippen LogP contribution in [0.25, 0.3) is 0 Å². The van der Waals surface area contributed by atoms with Gasteiger partial charge < -0.3 is 5.32 Å². The summed E-state index contributed by atoms with van der Waals surface area (Å²) in [6.07, 6.45) is 4.04. The van der Waals surface area contributed by atoms with Crippen LogP contribution >= 0.6 is 23.1 Å². The average molecular weight is 248 g/mol. The topological polar surface area (TPSA) is 37.8 Å². The summed E-state index contributed by atoms with van der Waals surface area (Å²) in [5.41, 5.74) is 0. The molecule has 0 radical (unpaired) electrons. The smallest absolute Gasteiger partial charge is 0.202 e. The summed E-state index contributed by atoms with van der Waals surface area (Å²) in [4.78, 5) is 4.38. The molecule has 0 aromatic carbocycles. The van der Waals surface area contributed by atoms with E-state index in [9.17, 15) is 0 Å². The number of hydrogen-bond acceptors (Lipinski definition) is 4. The first-order chi connectivity index (χ1) is 7.26. The summed E-state index contributed by atoms with van der Waals surface area (Å²) in [6.45, 7) is 5.11. The third kappa shape index (κ3) is 4.80. The van der Waals surface area contributed by atoms with Gasteiger partial charge in [0.1, 0.15) is 5.82 Å². The Morgan fingerprint density at radius 1 is 1.47 bits per heavy atom.